The summed E-state index contributed by atoms with van der Waals surface area (Å²) < 4.78 is 18.7. The number of nitrogens with two attached hydrogens (primary N) is 1. The first-order chi connectivity index (χ1) is 15.1. The lowest BCUT2D eigenvalue weighted by molar-refractivity contribution is 0.363. The molecule has 0 saturated heterocycles. The molecule has 1 aliphatic rings. The first-order valence-corrected chi connectivity index (χ1v) is 10.1. The molecule has 2 aromatic carbocycles. The van der Waals surface area contributed by atoms with E-state index < -0.39 is 5.92 Å². The van der Waals surface area contributed by atoms with Gasteiger partial charge in [-0.25, -0.2) is 4.68 Å². The van der Waals surface area contributed by atoms with Crippen LogP contribution in [0.25, 0.3) is 5.69 Å². The van der Waals surface area contributed by atoms with Crippen molar-refractivity contribution in [3.8, 4) is 29.1 Å². The molecule has 0 fully saturated rings. The highest BCUT2D eigenvalue weighted by Crippen LogP contribution is 2.47. The van der Waals surface area contributed by atoms with Crippen molar-refractivity contribution < 1.29 is 14.2 Å². The zero-order valence-corrected chi connectivity index (χ0v) is 17.8. The van der Waals surface area contributed by atoms with Gasteiger partial charge in [0.1, 0.15) is 23.1 Å². The van der Waals surface area contributed by atoms with Crippen LogP contribution in [0.4, 0.5) is 0 Å². The van der Waals surface area contributed by atoms with Gasteiger partial charge in [-0.05, 0) is 24.6 Å². The van der Waals surface area contributed by atoms with E-state index in [1.54, 1.807) is 25.0 Å². The van der Waals surface area contributed by atoms with E-state index >= 15 is 0 Å². The Bertz CT molecular complexity index is 1180. The Morgan fingerprint density at radius 2 is 1.94 bits per heavy atom. The van der Waals surface area contributed by atoms with Crippen LogP contribution in [0, 0.1) is 11.3 Å². The van der Waals surface area contributed by atoms with Crippen LogP contribution < -0.4 is 19.9 Å². The van der Waals surface area contributed by atoms with Crippen LogP contribution >= 0.6 is 0 Å². The first kappa shape index (κ1) is 20.4. The number of allylic oxidation sites excluding steroid dienone is 1. The number of methoxy groups -OCH3 is 2. The Balaban J connectivity index is 2.00. The van der Waals surface area contributed by atoms with E-state index in [1.807, 2.05) is 42.5 Å². The Morgan fingerprint density at radius 3 is 2.58 bits per heavy atom. The lowest BCUT2D eigenvalue weighted by Crippen LogP contribution is -2.22. The molecule has 2 heterocycles. The van der Waals surface area contributed by atoms with E-state index in [0.29, 0.717) is 23.0 Å². The van der Waals surface area contributed by atoms with Crippen LogP contribution in [-0.4, -0.2) is 24.0 Å². The van der Waals surface area contributed by atoms with Gasteiger partial charge in [0.25, 0.3) is 0 Å². The molecular weight excluding hydrogens is 392 g/mol. The molecule has 0 saturated carbocycles. The van der Waals surface area contributed by atoms with Crippen LogP contribution in [-0.2, 0) is 6.42 Å². The number of para-hydroxylation sites is 1. The molecule has 7 heteroatoms. The summed E-state index contributed by atoms with van der Waals surface area (Å²) in [6.45, 7) is 2.09. The zero-order chi connectivity index (χ0) is 22.0. The molecule has 0 amide bonds. The number of benzene rings is 2. The lowest BCUT2D eigenvalue weighted by atomic mass is 9.83. The number of hydrogen-bond donors (Lipinski definition) is 1. The minimum Gasteiger partial charge on any atom is -0.497 e. The fourth-order valence-corrected chi connectivity index (χ4v) is 3.94. The Labute approximate surface area is 181 Å². The van der Waals surface area contributed by atoms with E-state index in [4.69, 9.17) is 25.0 Å². The van der Waals surface area contributed by atoms with Gasteiger partial charge in [0, 0.05) is 11.6 Å². The Morgan fingerprint density at radius 1 is 1.16 bits per heavy atom. The Hall–Kier alpha value is -3.92. The molecule has 158 valence electrons. The minimum absolute atomic E-state index is 0.0676. The molecule has 2 N–H and O–H groups in total. The van der Waals surface area contributed by atoms with Crippen LogP contribution in [0.3, 0.4) is 0 Å². The summed E-state index contributed by atoms with van der Waals surface area (Å²) in [6.07, 6.45) is 1.63. The molecule has 1 aromatic heterocycles. The Kier molecular flexibility index (Phi) is 5.54. The second-order valence-corrected chi connectivity index (χ2v) is 7.20. The van der Waals surface area contributed by atoms with E-state index in [1.165, 1.54) is 0 Å². The van der Waals surface area contributed by atoms with Crippen LogP contribution in [0.2, 0.25) is 0 Å². The highest BCUT2D eigenvalue weighted by Gasteiger charge is 2.38. The largest absolute Gasteiger partial charge is 0.497 e. The van der Waals surface area contributed by atoms with Gasteiger partial charge < -0.3 is 19.9 Å². The molecule has 0 spiro atoms. The van der Waals surface area contributed by atoms with Gasteiger partial charge in [0.2, 0.25) is 11.8 Å². The summed E-state index contributed by atoms with van der Waals surface area (Å²) >= 11 is 0. The predicted molar refractivity (Wildman–Crippen MR) is 116 cm³/mol. The first-order valence-electron chi connectivity index (χ1n) is 10.1. The maximum Gasteiger partial charge on any atom is 0.229 e. The van der Waals surface area contributed by atoms with E-state index in [9.17, 15) is 5.26 Å². The van der Waals surface area contributed by atoms with Gasteiger partial charge in [-0.1, -0.05) is 37.6 Å². The topological polar surface area (TPSA) is 95.3 Å². The molecule has 0 bridgehead atoms. The third kappa shape index (κ3) is 3.46. The third-order valence-corrected chi connectivity index (χ3v) is 5.36. The molecule has 1 aliphatic heterocycles. The van der Waals surface area contributed by atoms with Crippen molar-refractivity contribution in [3.05, 3.63) is 76.8 Å². The smallest absolute Gasteiger partial charge is 0.229 e. The summed E-state index contributed by atoms with van der Waals surface area (Å²) in [6, 6.07) is 17.5. The normalized spacial score (nSPS) is 15.1. The van der Waals surface area contributed by atoms with Crippen molar-refractivity contribution in [3.63, 3.8) is 0 Å². The second-order valence-electron chi connectivity index (χ2n) is 7.20. The van der Waals surface area contributed by atoms with Crippen molar-refractivity contribution in [1.82, 2.24) is 9.78 Å². The van der Waals surface area contributed by atoms with Gasteiger partial charge in [0.15, 0.2) is 0 Å². The fraction of sp³-hybridized carbons (Fsp3) is 0.250. The zero-order valence-electron chi connectivity index (χ0n) is 17.8. The highest BCUT2D eigenvalue weighted by atomic mass is 16.5. The van der Waals surface area contributed by atoms with Crippen molar-refractivity contribution in [1.29, 1.82) is 5.26 Å². The van der Waals surface area contributed by atoms with Gasteiger partial charge >= 0.3 is 0 Å². The van der Waals surface area contributed by atoms with Crippen molar-refractivity contribution >= 4 is 0 Å². The second kappa shape index (κ2) is 8.44. The number of rotatable bonds is 6. The number of nitriles is 1. The maximum atomic E-state index is 9.97. The molecule has 31 heavy (non-hydrogen) atoms. The quantitative estimate of drug-likeness (QED) is 0.651. The average molecular weight is 416 g/mol. The molecule has 3 aromatic rings. The summed E-state index contributed by atoms with van der Waals surface area (Å²) in [5, 5.41) is 14.8. The average Bonchev–Trinajstić information content (AvgIpc) is 3.16. The standard InChI is InChI=1S/C24H24N4O3/c1-4-8-19-22-21(17-12-11-16(29-2)13-20(17)30-3)18(14-25)23(26)31-24(22)28(27-19)15-9-6-5-7-10-15/h5-7,9-13,21H,4,8,26H2,1-3H3. The van der Waals surface area contributed by atoms with Crippen LogP contribution in [0.15, 0.2) is 60.0 Å². The predicted octanol–water partition coefficient (Wildman–Crippen LogP) is 4.06. The SMILES string of the molecule is CCCc1nn(-c2ccccc2)c2c1C(c1ccc(OC)cc1OC)C(C#N)=C(N)O2. The van der Waals surface area contributed by atoms with Gasteiger partial charge in [-0.15, -0.1) is 0 Å². The molecular formula is C24H24N4O3. The molecule has 1 unspecified atom stereocenters. The maximum absolute atomic E-state index is 9.97. The van der Waals surface area contributed by atoms with Crippen molar-refractivity contribution in [2.75, 3.05) is 14.2 Å². The molecule has 0 aliphatic carbocycles. The van der Waals surface area contributed by atoms with E-state index in [0.717, 1.165) is 35.3 Å². The fourth-order valence-electron chi connectivity index (χ4n) is 3.94. The third-order valence-electron chi connectivity index (χ3n) is 5.36. The number of aryl methyl sites for hydroxylation is 1. The van der Waals surface area contributed by atoms with E-state index in [-0.39, 0.29) is 5.88 Å². The summed E-state index contributed by atoms with van der Waals surface area (Å²) in [4.78, 5) is 0. The van der Waals surface area contributed by atoms with Crippen LogP contribution in [0.5, 0.6) is 17.4 Å². The highest BCUT2D eigenvalue weighted by molar-refractivity contribution is 5.60. The van der Waals surface area contributed by atoms with Crippen LogP contribution in [0.1, 0.15) is 36.1 Å². The number of ether oxygens (including phenoxy) is 3. The molecule has 4 rings (SSSR count). The number of aromatic nitrogens is 2. The van der Waals surface area contributed by atoms with Gasteiger partial charge in [0.05, 0.1) is 37.1 Å². The van der Waals surface area contributed by atoms with Crippen molar-refractivity contribution in [2.24, 2.45) is 5.73 Å². The molecule has 0 radical (unpaired) electrons. The number of nitrogens with zero attached hydrogens (tertiary/aromatic N) is 3. The van der Waals surface area contributed by atoms with Crippen molar-refractivity contribution in [2.45, 2.75) is 25.7 Å². The van der Waals surface area contributed by atoms with Gasteiger partial charge in [-0.3, -0.25) is 0 Å². The summed E-state index contributed by atoms with van der Waals surface area (Å²) in [7, 11) is 3.20. The minimum atomic E-state index is -0.464. The van der Waals surface area contributed by atoms with Gasteiger partial charge in [-0.2, -0.15) is 10.4 Å². The molecule has 1 atom stereocenters. The summed E-state index contributed by atoms with van der Waals surface area (Å²) in [5.41, 5.74) is 9.93. The summed E-state index contributed by atoms with van der Waals surface area (Å²) in [5.74, 6) is 1.39. The van der Waals surface area contributed by atoms with E-state index in [2.05, 4.69) is 13.0 Å². The molecule has 7 nitrogen and oxygen atoms in total. The monoisotopic (exact) mass is 416 g/mol. The lowest BCUT2D eigenvalue weighted by Gasteiger charge is -2.26. The number of hydrogen-bond acceptors (Lipinski definition) is 6. The number of fused-ring (bicyclic) bond motifs is 1.